The molecule has 1 fully saturated rings. The number of aromatic nitrogens is 2. The van der Waals surface area contributed by atoms with E-state index in [9.17, 15) is 18.0 Å². The SMILES string of the molecule is O=C(O)N1CCOC(Cn2cc(C(F)(F)F)nc2Br)C1. The molecule has 2 heterocycles. The van der Waals surface area contributed by atoms with Gasteiger partial charge in [-0.2, -0.15) is 13.2 Å². The predicted octanol–water partition coefficient (Wildman–Crippen LogP) is 2.04. The molecular weight excluding hydrogens is 347 g/mol. The van der Waals surface area contributed by atoms with E-state index in [1.54, 1.807) is 0 Å². The van der Waals surface area contributed by atoms with Crippen LogP contribution in [0.4, 0.5) is 18.0 Å². The summed E-state index contributed by atoms with van der Waals surface area (Å²) in [5.41, 5.74) is -1.00. The summed E-state index contributed by atoms with van der Waals surface area (Å²) in [6.45, 7) is 0.675. The van der Waals surface area contributed by atoms with Crippen LogP contribution in [0.25, 0.3) is 0 Å². The Bertz CT molecular complexity index is 506. The van der Waals surface area contributed by atoms with Crippen LogP contribution < -0.4 is 0 Å². The molecule has 112 valence electrons. The largest absolute Gasteiger partial charge is 0.465 e. The molecule has 1 aromatic heterocycles. The first-order valence-corrected chi connectivity index (χ1v) is 6.46. The number of rotatable bonds is 2. The van der Waals surface area contributed by atoms with Crippen LogP contribution in [0.5, 0.6) is 0 Å². The van der Waals surface area contributed by atoms with E-state index in [1.165, 1.54) is 9.47 Å². The van der Waals surface area contributed by atoms with E-state index in [1.807, 2.05) is 0 Å². The van der Waals surface area contributed by atoms with E-state index in [-0.39, 0.29) is 31.0 Å². The Balaban J connectivity index is 2.06. The number of carboxylic acid groups (broad SMARTS) is 1. The molecule has 1 atom stereocenters. The highest BCUT2D eigenvalue weighted by molar-refractivity contribution is 9.10. The maximum absolute atomic E-state index is 12.5. The third-order valence-corrected chi connectivity index (χ3v) is 3.46. The van der Waals surface area contributed by atoms with Crippen molar-refractivity contribution in [3.63, 3.8) is 0 Å². The van der Waals surface area contributed by atoms with E-state index in [0.717, 1.165) is 6.20 Å². The number of morpholine rings is 1. The Morgan fingerprint density at radius 2 is 2.30 bits per heavy atom. The number of alkyl halides is 3. The number of hydrogen-bond donors (Lipinski definition) is 1. The number of imidazole rings is 1. The fourth-order valence-electron chi connectivity index (χ4n) is 1.88. The molecule has 2 rings (SSSR count). The fraction of sp³-hybridized carbons (Fsp3) is 0.600. The first-order valence-electron chi connectivity index (χ1n) is 5.66. The van der Waals surface area contributed by atoms with Crippen LogP contribution in [-0.2, 0) is 17.5 Å². The second-order valence-corrected chi connectivity index (χ2v) is 4.98. The van der Waals surface area contributed by atoms with Gasteiger partial charge in [0.05, 0.1) is 25.8 Å². The van der Waals surface area contributed by atoms with Crippen molar-refractivity contribution in [2.75, 3.05) is 19.7 Å². The first-order chi connectivity index (χ1) is 9.27. The number of amides is 1. The summed E-state index contributed by atoms with van der Waals surface area (Å²) in [6.07, 6.45) is -5.23. The van der Waals surface area contributed by atoms with Crippen LogP contribution >= 0.6 is 15.9 Å². The molecule has 0 spiro atoms. The van der Waals surface area contributed by atoms with Crippen molar-refractivity contribution in [3.05, 3.63) is 16.6 Å². The Hall–Kier alpha value is -1.29. The summed E-state index contributed by atoms with van der Waals surface area (Å²) >= 11 is 2.95. The van der Waals surface area contributed by atoms with Crippen molar-refractivity contribution < 1.29 is 27.8 Å². The van der Waals surface area contributed by atoms with Crippen LogP contribution in [-0.4, -0.2) is 51.5 Å². The zero-order valence-corrected chi connectivity index (χ0v) is 11.7. The van der Waals surface area contributed by atoms with E-state index >= 15 is 0 Å². The number of halogens is 4. The van der Waals surface area contributed by atoms with Crippen molar-refractivity contribution in [2.24, 2.45) is 0 Å². The predicted molar refractivity (Wildman–Crippen MR) is 64.3 cm³/mol. The minimum absolute atomic E-state index is 0.0286. The minimum atomic E-state index is -4.52. The summed E-state index contributed by atoms with van der Waals surface area (Å²) in [5.74, 6) is 0. The van der Waals surface area contributed by atoms with Crippen LogP contribution in [0.2, 0.25) is 0 Å². The molecule has 0 aromatic carbocycles. The molecule has 0 aliphatic carbocycles. The van der Waals surface area contributed by atoms with Gasteiger partial charge in [0.2, 0.25) is 0 Å². The third-order valence-electron chi connectivity index (χ3n) is 2.83. The van der Waals surface area contributed by atoms with Gasteiger partial charge in [-0.3, -0.25) is 0 Å². The van der Waals surface area contributed by atoms with Crippen molar-refractivity contribution >= 4 is 22.0 Å². The standard InChI is InChI=1S/C10H11BrF3N3O3/c11-8-15-7(10(12,13)14)5-17(8)4-6-3-16(9(18)19)1-2-20-6/h5-6H,1-4H2,(H,18,19). The van der Waals surface area contributed by atoms with Gasteiger partial charge in [-0.15, -0.1) is 0 Å². The second-order valence-electron chi connectivity index (χ2n) is 4.27. The zero-order valence-electron chi connectivity index (χ0n) is 10.1. The molecule has 0 saturated carbocycles. The van der Waals surface area contributed by atoms with Crippen molar-refractivity contribution in [1.82, 2.24) is 14.5 Å². The molecule has 10 heteroatoms. The normalized spacial score (nSPS) is 20.2. The van der Waals surface area contributed by atoms with E-state index in [0.29, 0.717) is 0 Å². The van der Waals surface area contributed by atoms with E-state index < -0.39 is 24.1 Å². The topological polar surface area (TPSA) is 67.6 Å². The number of carbonyl (C=O) groups is 1. The fourth-order valence-corrected chi connectivity index (χ4v) is 2.32. The first kappa shape index (κ1) is 15.1. The lowest BCUT2D eigenvalue weighted by Crippen LogP contribution is -2.46. The highest BCUT2D eigenvalue weighted by Gasteiger charge is 2.35. The van der Waals surface area contributed by atoms with Crippen molar-refractivity contribution in [3.8, 4) is 0 Å². The molecule has 0 radical (unpaired) electrons. The Labute approximate surface area is 120 Å². The Morgan fingerprint density at radius 1 is 1.60 bits per heavy atom. The summed E-state index contributed by atoms with van der Waals surface area (Å²) in [6, 6.07) is 0. The minimum Gasteiger partial charge on any atom is -0.465 e. The van der Waals surface area contributed by atoms with Gasteiger partial charge in [0.25, 0.3) is 0 Å². The summed E-state index contributed by atoms with van der Waals surface area (Å²) in [4.78, 5) is 15.4. The number of ether oxygens (including phenoxy) is 1. The maximum Gasteiger partial charge on any atom is 0.434 e. The molecule has 1 saturated heterocycles. The van der Waals surface area contributed by atoms with Gasteiger partial charge in [0.15, 0.2) is 10.4 Å². The molecule has 6 nitrogen and oxygen atoms in total. The zero-order chi connectivity index (χ0) is 14.9. The van der Waals surface area contributed by atoms with Gasteiger partial charge in [-0.1, -0.05) is 0 Å². The molecule has 1 amide bonds. The molecule has 1 unspecified atom stereocenters. The number of nitrogens with zero attached hydrogens (tertiary/aromatic N) is 3. The smallest absolute Gasteiger partial charge is 0.434 e. The van der Waals surface area contributed by atoms with Gasteiger partial charge in [-0.25, -0.2) is 9.78 Å². The lowest BCUT2D eigenvalue weighted by Gasteiger charge is -2.31. The highest BCUT2D eigenvalue weighted by atomic mass is 79.9. The van der Waals surface area contributed by atoms with Crippen LogP contribution in [0.3, 0.4) is 0 Å². The lowest BCUT2D eigenvalue weighted by molar-refractivity contribution is -0.141. The Kier molecular flexibility index (Phi) is 4.23. The molecule has 1 aliphatic heterocycles. The molecule has 0 bridgehead atoms. The molecule has 1 aliphatic rings. The van der Waals surface area contributed by atoms with Gasteiger partial charge in [0, 0.05) is 12.7 Å². The highest BCUT2D eigenvalue weighted by Crippen LogP contribution is 2.29. The molecule has 1 N–H and O–H groups in total. The summed E-state index contributed by atoms with van der Waals surface area (Å²) < 4.78 is 44.2. The third kappa shape index (κ3) is 3.42. The molecule has 1 aromatic rings. The van der Waals surface area contributed by atoms with Crippen LogP contribution in [0.1, 0.15) is 5.69 Å². The Morgan fingerprint density at radius 3 is 2.85 bits per heavy atom. The van der Waals surface area contributed by atoms with Crippen LogP contribution in [0.15, 0.2) is 10.9 Å². The van der Waals surface area contributed by atoms with E-state index in [4.69, 9.17) is 9.84 Å². The van der Waals surface area contributed by atoms with Gasteiger partial charge >= 0.3 is 12.3 Å². The van der Waals surface area contributed by atoms with Crippen molar-refractivity contribution in [2.45, 2.75) is 18.8 Å². The maximum atomic E-state index is 12.5. The summed E-state index contributed by atoms with van der Waals surface area (Å²) in [7, 11) is 0. The molecule has 20 heavy (non-hydrogen) atoms. The number of hydrogen-bond acceptors (Lipinski definition) is 3. The van der Waals surface area contributed by atoms with E-state index in [2.05, 4.69) is 20.9 Å². The van der Waals surface area contributed by atoms with Crippen LogP contribution in [0, 0.1) is 0 Å². The quantitative estimate of drug-likeness (QED) is 0.879. The monoisotopic (exact) mass is 357 g/mol. The van der Waals surface area contributed by atoms with Crippen molar-refractivity contribution in [1.29, 1.82) is 0 Å². The summed E-state index contributed by atoms with van der Waals surface area (Å²) in [5, 5.41) is 8.88. The second kappa shape index (κ2) is 5.60. The van der Waals surface area contributed by atoms with Gasteiger partial charge in [0.1, 0.15) is 0 Å². The lowest BCUT2D eigenvalue weighted by atomic mass is 10.3. The van der Waals surface area contributed by atoms with Gasteiger partial charge in [-0.05, 0) is 15.9 Å². The average Bonchev–Trinajstić information content (AvgIpc) is 2.71. The molecular formula is C10H11BrF3N3O3. The van der Waals surface area contributed by atoms with Gasteiger partial charge < -0.3 is 19.3 Å². The average molecular weight is 358 g/mol.